The zero-order valence-electron chi connectivity index (χ0n) is 9.35. The van der Waals surface area contributed by atoms with E-state index in [2.05, 4.69) is 0 Å². The molecule has 0 spiro atoms. The van der Waals surface area contributed by atoms with Crippen LogP contribution in [0.2, 0.25) is 0 Å². The average Bonchev–Trinajstić information content (AvgIpc) is 3.13. The van der Waals surface area contributed by atoms with Crippen molar-refractivity contribution >= 4 is 74.4 Å². The third-order valence-electron chi connectivity index (χ3n) is 3.59. The maximum Gasteiger partial charge on any atom is 0.205 e. The Kier molecular flexibility index (Phi) is 1.68. The van der Waals surface area contributed by atoms with Crippen LogP contribution in [0.4, 0.5) is 0 Å². The molecule has 0 saturated carbocycles. The van der Waals surface area contributed by atoms with Crippen molar-refractivity contribution in [3.63, 3.8) is 0 Å². The SMILES string of the molecule is O=c1c2ccsc2c2c1sc1c(=O)c3ccsc3c12. The van der Waals surface area contributed by atoms with Crippen LogP contribution in [0.25, 0.3) is 40.3 Å². The molecule has 0 atom stereocenters. The summed E-state index contributed by atoms with van der Waals surface area (Å²) in [5.74, 6) is 0. The van der Waals surface area contributed by atoms with Gasteiger partial charge in [-0.3, -0.25) is 9.59 Å². The van der Waals surface area contributed by atoms with Crippen molar-refractivity contribution in [2.75, 3.05) is 0 Å². The first-order valence-corrected chi connectivity index (χ1v) is 8.27. The largest absolute Gasteiger partial charge is 0.288 e. The molecule has 5 rings (SSSR count). The minimum atomic E-state index is 0.0801. The summed E-state index contributed by atoms with van der Waals surface area (Å²) >= 11 is 4.54. The Morgan fingerprint density at radius 1 is 0.684 bits per heavy atom. The van der Waals surface area contributed by atoms with Crippen molar-refractivity contribution in [3.05, 3.63) is 43.3 Å². The number of thiophene rings is 3. The maximum atomic E-state index is 12.3. The Bertz CT molecular complexity index is 1100. The second-order valence-corrected chi connectivity index (χ2v) is 7.35. The van der Waals surface area contributed by atoms with Crippen LogP contribution < -0.4 is 10.9 Å². The van der Waals surface area contributed by atoms with E-state index in [9.17, 15) is 9.59 Å². The fourth-order valence-corrected chi connectivity index (χ4v) is 6.04. The Morgan fingerprint density at radius 3 is 1.63 bits per heavy atom. The van der Waals surface area contributed by atoms with Crippen LogP contribution in [-0.2, 0) is 0 Å². The number of rotatable bonds is 0. The third-order valence-corrected chi connectivity index (χ3v) is 6.65. The third kappa shape index (κ3) is 1.00. The first-order valence-electron chi connectivity index (χ1n) is 5.69. The number of hydrogen-bond acceptors (Lipinski definition) is 5. The molecule has 0 bridgehead atoms. The van der Waals surface area contributed by atoms with Crippen LogP contribution in [0.15, 0.2) is 32.5 Å². The summed E-state index contributed by atoms with van der Waals surface area (Å²) in [6, 6.07) is 3.76. The highest BCUT2D eigenvalue weighted by molar-refractivity contribution is 7.29. The zero-order valence-corrected chi connectivity index (χ0v) is 11.8. The molecule has 3 aromatic heterocycles. The molecule has 2 nitrogen and oxygen atoms in total. The minimum Gasteiger partial charge on any atom is -0.288 e. The second kappa shape index (κ2) is 3.12. The highest BCUT2D eigenvalue weighted by Gasteiger charge is 2.22. The Balaban J connectivity index is 2.32. The molecular weight excluding hydrogens is 296 g/mol. The van der Waals surface area contributed by atoms with Gasteiger partial charge in [-0.25, -0.2) is 0 Å². The van der Waals surface area contributed by atoms with E-state index >= 15 is 0 Å². The first-order chi connectivity index (χ1) is 9.27. The van der Waals surface area contributed by atoms with Gasteiger partial charge in [0.2, 0.25) is 10.9 Å². The highest BCUT2D eigenvalue weighted by atomic mass is 32.1. The van der Waals surface area contributed by atoms with Gasteiger partial charge in [-0.15, -0.1) is 34.0 Å². The lowest BCUT2D eigenvalue weighted by molar-refractivity contribution is 1.93. The molecule has 0 aliphatic heterocycles. The number of fused-ring (bicyclic) bond motifs is 7. The summed E-state index contributed by atoms with van der Waals surface area (Å²) in [5.41, 5.74) is 0.160. The summed E-state index contributed by atoms with van der Waals surface area (Å²) in [7, 11) is 0. The lowest BCUT2D eigenvalue weighted by Gasteiger charge is -1.82. The van der Waals surface area contributed by atoms with E-state index in [1.807, 2.05) is 22.9 Å². The van der Waals surface area contributed by atoms with Crippen molar-refractivity contribution in [1.29, 1.82) is 0 Å². The molecule has 0 radical (unpaired) electrons. The molecule has 3 heterocycles. The Labute approximate surface area is 117 Å². The van der Waals surface area contributed by atoms with E-state index < -0.39 is 0 Å². The van der Waals surface area contributed by atoms with Crippen LogP contribution in [0.1, 0.15) is 0 Å². The lowest BCUT2D eigenvalue weighted by atomic mass is 10.3. The molecule has 19 heavy (non-hydrogen) atoms. The van der Waals surface area contributed by atoms with Crippen molar-refractivity contribution in [2.24, 2.45) is 0 Å². The van der Waals surface area contributed by atoms with Gasteiger partial charge >= 0.3 is 0 Å². The number of hydrogen-bond donors (Lipinski definition) is 0. The van der Waals surface area contributed by atoms with E-state index in [0.717, 1.165) is 40.3 Å². The first kappa shape index (κ1) is 10.3. The zero-order chi connectivity index (χ0) is 12.7. The van der Waals surface area contributed by atoms with E-state index in [4.69, 9.17) is 0 Å². The van der Waals surface area contributed by atoms with Gasteiger partial charge in [0.25, 0.3) is 0 Å². The summed E-state index contributed by atoms with van der Waals surface area (Å²) in [6.07, 6.45) is 0. The van der Waals surface area contributed by atoms with Crippen LogP contribution in [0.3, 0.4) is 0 Å². The summed E-state index contributed by atoms with van der Waals surface area (Å²) in [5, 5.41) is 7.50. The molecule has 0 amide bonds. The molecule has 0 saturated heterocycles. The van der Waals surface area contributed by atoms with Crippen molar-refractivity contribution in [2.45, 2.75) is 0 Å². The van der Waals surface area contributed by atoms with Crippen LogP contribution >= 0.6 is 34.0 Å². The van der Waals surface area contributed by atoms with E-state index in [1.54, 1.807) is 22.7 Å². The van der Waals surface area contributed by atoms with E-state index in [0.29, 0.717) is 0 Å². The van der Waals surface area contributed by atoms with Crippen LogP contribution in [-0.4, -0.2) is 0 Å². The molecule has 0 fully saturated rings. The van der Waals surface area contributed by atoms with Gasteiger partial charge in [-0.05, 0) is 22.9 Å². The van der Waals surface area contributed by atoms with Gasteiger partial charge in [0.05, 0.1) is 9.40 Å². The molecule has 2 aromatic carbocycles. The van der Waals surface area contributed by atoms with Crippen molar-refractivity contribution < 1.29 is 0 Å². The summed E-state index contributed by atoms with van der Waals surface area (Å²) in [4.78, 5) is 24.6. The molecular formula is C14H4O2S3. The fourth-order valence-electron chi connectivity index (χ4n) is 2.79. The lowest BCUT2D eigenvalue weighted by Crippen LogP contribution is -1.91. The van der Waals surface area contributed by atoms with E-state index in [1.165, 1.54) is 11.3 Å². The standard InChI is InChI=1S/C14H4O2S3/c15-9-5-1-3-17-11(5)7-8-12-6(2-4-18-12)10(16)14(8)19-13(7)9/h1-4H. The van der Waals surface area contributed by atoms with Crippen molar-refractivity contribution in [1.82, 2.24) is 0 Å². The smallest absolute Gasteiger partial charge is 0.205 e. The molecule has 5 heteroatoms. The van der Waals surface area contributed by atoms with Gasteiger partial charge < -0.3 is 0 Å². The van der Waals surface area contributed by atoms with Gasteiger partial charge in [0.1, 0.15) is 0 Å². The minimum absolute atomic E-state index is 0.0801. The topological polar surface area (TPSA) is 34.1 Å². The monoisotopic (exact) mass is 300 g/mol. The Morgan fingerprint density at radius 2 is 1.16 bits per heavy atom. The van der Waals surface area contributed by atoms with Gasteiger partial charge in [-0.1, -0.05) is 0 Å². The summed E-state index contributed by atoms with van der Waals surface area (Å²) < 4.78 is 3.57. The quantitative estimate of drug-likeness (QED) is 0.432. The Hall–Kier alpha value is -1.56. The maximum absolute atomic E-state index is 12.3. The molecule has 0 aliphatic carbocycles. The van der Waals surface area contributed by atoms with Crippen LogP contribution in [0, 0.1) is 0 Å². The van der Waals surface area contributed by atoms with E-state index in [-0.39, 0.29) is 10.9 Å². The van der Waals surface area contributed by atoms with Crippen LogP contribution in [0.5, 0.6) is 0 Å². The predicted molar refractivity (Wildman–Crippen MR) is 85.0 cm³/mol. The average molecular weight is 300 g/mol. The summed E-state index contributed by atoms with van der Waals surface area (Å²) in [6.45, 7) is 0. The van der Waals surface area contributed by atoms with Crippen molar-refractivity contribution in [3.8, 4) is 0 Å². The molecule has 0 N–H and O–H groups in total. The van der Waals surface area contributed by atoms with Gasteiger partial charge in [0.15, 0.2) is 0 Å². The molecule has 0 aliphatic rings. The fraction of sp³-hybridized carbons (Fsp3) is 0. The molecule has 5 aromatic rings. The molecule has 90 valence electrons. The molecule has 0 unspecified atom stereocenters. The predicted octanol–water partition coefficient (Wildman–Crippen LogP) is 4.08. The van der Waals surface area contributed by atoms with Gasteiger partial charge in [-0.2, -0.15) is 0 Å². The normalized spacial score (nSPS) is 12.6. The second-order valence-electron chi connectivity index (χ2n) is 4.50. The highest BCUT2D eigenvalue weighted by Crippen LogP contribution is 2.43. The van der Waals surface area contributed by atoms with Gasteiger partial charge in [0, 0.05) is 30.9 Å².